The number of rotatable bonds is 5. The summed E-state index contributed by atoms with van der Waals surface area (Å²) in [6.45, 7) is -0.0852. The third kappa shape index (κ3) is 4.28. The molecule has 29 heavy (non-hydrogen) atoms. The summed E-state index contributed by atoms with van der Waals surface area (Å²) >= 11 is 7.24. The smallest absolute Gasteiger partial charge is 0.331 e. The summed E-state index contributed by atoms with van der Waals surface area (Å²) < 4.78 is 10.9. The van der Waals surface area contributed by atoms with Gasteiger partial charge in [0.2, 0.25) is 0 Å². The molecule has 1 N–H and O–H groups in total. The van der Waals surface area contributed by atoms with Crippen LogP contribution in [0.15, 0.2) is 79.2 Å². The molecule has 0 saturated carbocycles. The van der Waals surface area contributed by atoms with Crippen LogP contribution in [0.25, 0.3) is 6.08 Å². The minimum absolute atomic E-state index is 0.0852. The van der Waals surface area contributed by atoms with Crippen molar-refractivity contribution in [2.24, 2.45) is 0 Å². The van der Waals surface area contributed by atoms with Gasteiger partial charge in [-0.3, -0.25) is 19.8 Å². The SMILES string of the molecule is O=C1NC(=O)N(Cc2ccco2)C(=O)C1=Cc1ccc(Sc2ccc(Cl)cc2)o1. The van der Waals surface area contributed by atoms with Crippen molar-refractivity contribution in [1.29, 1.82) is 0 Å². The van der Waals surface area contributed by atoms with Gasteiger partial charge < -0.3 is 8.83 Å². The van der Waals surface area contributed by atoms with Crippen LogP contribution in [0.2, 0.25) is 5.02 Å². The number of nitrogens with one attached hydrogen (secondary N) is 1. The summed E-state index contributed by atoms with van der Waals surface area (Å²) in [4.78, 5) is 38.7. The zero-order chi connectivity index (χ0) is 20.4. The third-order valence-corrected chi connectivity index (χ3v) is 5.18. The van der Waals surface area contributed by atoms with Gasteiger partial charge in [0.15, 0.2) is 5.09 Å². The second-order valence-electron chi connectivity index (χ2n) is 6.00. The van der Waals surface area contributed by atoms with Crippen LogP contribution in [0.4, 0.5) is 4.79 Å². The number of furan rings is 2. The van der Waals surface area contributed by atoms with Crippen LogP contribution in [0.1, 0.15) is 11.5 Å². The Morgan fingerprint density at radius 1 is 1.07 bits per heavy atom. The molecule has 7 nitrogen and oxygen atoms in total. The van der Waals surface area contributed by atoms with Crippen LogP contribution >= 0.6 is 23.4 Å². The Balaban J connectivity index is 1.54. The molecule has 4 amide bonds. The maximum absolute atomic E-state index is 12.7. The summed E-state index contributed by atoms with van der Waals surface area (Å²) in [6.07, 6.45) is 2.75. The van der Waals surface area contributed by atoms with Crippen molar-refractivity contribution < 1.29 is 23.2 Å². The number of carbonyl (C=O) groups excluding carboxylic acids is 3. The lowest BCUT2D eigenvalue weighted by atomic mass is 10.1. The van der Waals surface area contributed by atoms with E-state index >= 15 is 0 Å². The Kier molecular flexibility index (Phi) is 5.28. The van der Waals surface area contributed by atoms with Gasteiger partial charge in [0.05, 0.1) is 12.8 Å². The molecular weight excluding hydrogens is 416 g/mol. The molecule has 0 spiro atoms. The number of hydrogen-bond acceptors (Lipinski definition) is 6. The molecule has 1 fully saturated rings. The zero-order valence-electron chi connectivity index (χ0n) is 14.8. The Hall–Kier alpha value is -3.23. The molecule has 0 aliphatic carbocycles. The monoisotopic (exact) mass is 428 g/mol. The van der Waals surface area contributed by atoms with Crippen LogP contribution in [0, 0.1) is 0 Å². The Morgan fingerprint density at radius 2 is 1.86 bits per heavy atom. The molecule has 0 radical (unpaired) electrons. The van der Waals surface area contributed by atoms with E-state index in [2.05, 4.69) is 5.32 Å². The van der Waals surface area contributed by atoms with E-state index in [0.717, 1.165) is 9.80 Å². The zero-order valence-corrected chi connectivity index (χ0v) is 16.3. The van der Waals surface area contributed by atoms with Gasteiger partial charge in [-0.1, -0.05) is 23.4 Å². The highest BCUT2D eigenvalue weighted by Crippen LogP contribution is 2.31. The average Bonchev–Trinajstić information content (AvgIpc) is 3.36. The minimum Gasteiger partial charge on any atom is -0.467 e. The number of nitrogens with zero attached hydrogens (tertiary/aromatic N) is 1. The lowest BCUT2D eigenvalue weighted by Crippen LogP contribution is -2.53. The second-order valence-corrected chi connectivity index (χ2v) is 7.52. The van der Waals surface area contributed by atoms with E-state index in [9.17, 15) is 14.4 Å². The van der Waals surface area contributed by atoms with Crippen molar-refractivity contribution in [3.63, 3.8) is 0 Å². The quantitative estimate of drug-likeness (QED) is 0.480. The van der Waals surface area contributed by atoms with Crippen molar-refractivity contribution in [1.82, 2.24) is 10.2 Å². The van der Waals surface area contributed by atoms with E-state index in [4.69, 9.17) is 20.4 Å². The fourth-order valence-electron chi connectivity index (χ4n) is 2.62. The van der Waals surface area contributed by atoms with Crippen LogP contribution in [0.5, 0.6) is 0 Å². The van der Waals surface area contributed by atoms with E-state index in [1.165, 1.54) is 24.1 Å². The molecule has 1 aliphatic heterocycles. The first-order chi connectivity index (χ1) is 14.0. The molecule has 1 aromatic carbocycles. The number of barbiturate groups is 1. The highest BCUT2D eigenvalue weighted by atomic mass is 35.5. The first-order valence-corrected chi connectivity index (χ1v) is 9.63. The van der Waals surface area contributed by atoms with Crippen molar-refractivity contribution in [2.75, 3.05) is 0 Å². The van der Waals surface area contributed by atoms with Crippen LogP contribution in [0.3, 0.4) is 0 Å². The van der Waals surface area contributed by atoms with Crippen LogP contribution in [-0.4, -0.2) is 22.7 Å². The van der Waals surface area contributed by atoms with Gasteiger partial charge in [-0.2, -0.15) is 0 Å². The van der Waals surface area contributed by atoms with E-state index in [-0.39, 0.29) is 12.1 Å². The van der Waals surface area contributed by atoms with Gasteiger partial charge in [-0.15, -0.1) is 0 Å². The molecule has 0 bridgehead atoms. The maximum Gasteiger partial charge on any atom is 0.331 e. The van der Waals surface area contributed by atoms with Crippen molar-refractivity contribution in [3.8, 4) is 0 Å². The molecule has 0 unspecified atom stereocenters. The van der Waals surface area contributed by atoms with E-state index < -0.39 is 17.8 Å². The van der Waals surface area contributed by atoms with E-state index in [0.29, 0.717) is 21.6 Å². The van der Waals surface area contributed by atoms with E-state index in [1.54, 1.807) is 36.4 Å². The predicted molar refractivity (Wildman–Crippen MR) is 105 cm³/mol. The molecule has 4 rings (SSSR count). The first-order valence-electron chi connectivity index (χ1n) is 8.44. The Morgan fingerprint density at radius 3 is 2.59 bits per heavy atom. The topological polar surface area (TPSA) is 92.8 Å². The summed E-state index contributed by atoms with van der Waals surface area (Å²) in [5.74, 6) is -0.772. The predicted octanol–water partition coefficient (Wildman–Crippen LogP) is 4.34. The third-order valence-electron chi connectivity index (χ3n) is 4.00. The molecule has 1 aliphatic rings. The summed E-state index contributed by atoms with van der Waals surface area (Å²) in [7, 11) is 0. The van der Waals surface area contributed by atoms with Gasteiger partial charge in [0.25, 0.3) is 11.8 Å². The summed E-state index contributed by atoms with van der Waals surface area (Å²) in [5, 5.41) is 3.36. The fourth-order valence-corrected chi connectivity index (χ4v) is 3.53. The maximum atomic E-state index is 12.7. The van der Waals surface area contributed by atoms with Gasteiger partial charge in [0.1, 0.15) is 17.1 Å². The lowest BCUT2D eigenvalue weighted by Gasteiger charge is -2.25. The molecule has 2 aromatic heterocycles. The summed E-state index contributed by atoms with van der Waals surface area (Å²) in [6, 6.07) is 13.1. The largest absolute Gasteiger partial charge is 0.467 e. The van der Waals surface area contributed by atoms with Gasteiger partial charge in [0, 0.05) is 9.92 Å². The Bertz CT molecular complexity index is 1100. The molecule has 0 atom stereocenters. The van der Waals surface area contributed by atoms with Crippen molar-refractivity contribution in [3.05, 3.63) is 76.9 Å². The number of benzene rings is 1. The average molecular weight is 429 g/mol. The molecule has 3 heterocycles. The highest BCUT2D eigenvalue weighted by molar-refractivity contribution is 7.99. The number of hydrogen-bond donors (Lipinski definition) is 1. The molecule has 146 valence electrons. The van der Waals surface area contributed by atoms with Crippen molar-refractivity contribution >= 4 is 47.3 Å². The van der Waals surface area contributed by atoms with Gasteiger partial charge >= 0.3 is 6.03 Å². The number of imide groups is 2. The molecule has 9 heteroatoms. The van der Waals surface area contributed by atoms with Crippen LogP contribution in [-0.2, 0) is 16.1 Å². The number of urea groups is 1. The lowest BCUT2D eigenvalue weighted by molar-refractivity contribution is -0.130. The first kappa shape index (κ1) is 19.1. The number of halogens is 1. The van der Waals surface area contributed by atoms with Gasteiger partial charge in [-0.25, -0.2) is 4.79 Å². The number of amides is 4. The molecule has 3 aromatic rings. The normalized spacial score (nSPS) is 15.8. The number of carbonyl (C=O) groups is 3. The van der Waals surface area contributed by atoms with E-state index in [1.807, 2.05) is 12.1 Å². The Labute approximate surface area is 174 Å². The minimum atomic E-state index is -0.799. The van der Waals surface area contributed by atoms with Crippen molar-refractivity contribution in [2.45, 2.75) is 16.5 Å². The standard InChI is InChI=1S/C20H13ClN2O5S/c21-12-3-6-15(7-4-12)29-17-8-5-13(28-17)10-16-18(24)22-20(26)23(19(16)25)11-14-2-1-9-27-14/h1-10H,11H2,(H,22,24,26). The van der Waals surface area contributed by atoms with Crippen LogP contribution < -0.4 is 5.32 Å². The van der Waals surface area contributed by atoms with Gasteiger partial charge in [-0.05, 0) is 54.6 Å². The molecular formula is C20H13ClN2O5S. The fraction of sp³-hybridized carbons (Fsp3) is 0.0500. The molecule has 1 saturated heterocycles. The second kappa shape index (κ2) is 8.02. The highest BCUT2D eigenvalue weighted by Gasteiger charge is 2.36. The summed E-state index contributed by atoms with van der Waals surface area (Å²) in [5.41, 5.74) is -0.200.